The first-order valence-corrected chi connectivity index (χ1v) is 11.8. The minimum Gasteiger partial charge on any atom is -0.366 e. The van der Waals surface area contributed by atoms with Crippen molar-refractivity contribution >= 4 is 27.3 Å². The topological polar surface area (TPSA) is 75.5 Å². The van der Waals surface area contributed by atoms with Crippen LogP contribution in [0.1, 0.15) is 11.1 Å². The zero-order valence-corrected chi connectivity index (χ0v) is 18.9. The predicted molar refractivity (Wildman–Crippen MR) is 122 cm³/mol. The Hall–Kier alpha value is -2.68. The van der Waals surface area contributed by atoms with Crippen LogP contribution in [0.4, 0.5) is 5.69 Å². The summed E-state index contributed by atoms with van der Waals surface area (Å²) in [6, 6.07) is 14.2. The smallest absolute Gasteiger partial charge is 0.292 e. The van der Waals surface area contributed by atoms with Crippen LogP contribution in [0.2, 0.25) is 5.02 Å². The van der Waals surface area contributed by atoms with Crippen molar-refractivity contribution in [3.8, 4) is 5.69 Å². The Morgan fingerprint density at radius 2 is 1.61 bits per heavy atom. The fraction of sp³-hybridized carbons (Fsp3) is 0.273. The summed E-state index contributed by atoms with van der Waals surface area (Å²) in [4.78, 5) is 14.9. The van der Waals surface area contributed by atoms with Crippen LogP contribution >= 0.6 is 11.6 Å². The van der Waals surface area contributed by atoms with Gasteiger partial charge in [0.25, 0.3) is 5.56 Å². The van der Waals surface area contributed by atoms with Gasteiger partial charge in [-0.05, 0) is 49.2 Å². The molecule has 4 rings (SSSR count). The van der Waals surface area contributed by atoms with Crippen LogP contribution in [0.3, 0.4) is 0 Å². The van der Waals surface area contributed by atoms with Gasteiger partial charge in [-0.15, -0.1) is 0 Å². The molecule has 0 radical (unpaired) electrons. The minimum absolute atomic E-state index is 0.0734. The van der Waals surface area contributed by atoms with E-state index in [4.69, 9.17) is 11.6 Å². The molecule has 3 aromatic rings. The molecule has 1 aromatic heterocycles. The first kappa shape index (κ1) is 21.5. The molecule has 1 saturated heterocycles. The number of aryl methyl sites for hydroxylation is 2. The summed E-state index contributed by atoms with van der Waals surface area (Å²) >= 11 is 6.39. The molecule has 1 aliphatic rings. The molecule has 2 heterocycles. The molecule has 0 amide bonds. The van der Waals surface area contributed by atoms with Gasteiger partial charge in [-0.25, -0.2) is 8.42 Å². The Labute approximate surface area is 186 Å². The van der Waals surface area contributed by atoms with E-state index >= 15 is 0 Å². The van der Waals surface area contributed by atoms with E-state index in [0.29, 0.717) is 42.4 Å². The Balaban J connectivity index is 1.53. The van der Waals surface area contributed by atoms with Crippen LogP contribution in [0.15, 0.2) is 64.4 Å². The van der Waals surface area contributed by atoms with Crippen molar-refractivity contribution in [2.45, 2.75) is 18.7 Å². The fourth-order valence-corrected chi connectivity index (χ4v) is 5.35. The number of piperazine rings is 1. The summed E-state index contributed by atoms with van der Waals surface area (Å²) in [6.07, 6.45) is 1.56. The predicted octanol–water partition coefficient (Wildman–Crippen LogP) is 3.01. The summed E-state index contributed by atoms with van der Waals surface area (Å²) in [5.41, 5.74) is 2.73. The maximum absolute atomic E-state index is 13.0. The van der Waals surface area contributed by atoms with Gasteiger partial charge in [0.2, 0.25) is 10.0 Å². The Morgan fingerprint density at radius 1 is 0.935 bits per heavy atom. The molecule has 0 saturated carbocycles. The number of aromatic nitrogens is 2. The van der Waals surface area contributed by atoms with E-state index < -0.39 is 15.6 Å². The van der Waals surface area contributed by atoms with Crippen LogP contribution < -0.4 is 10.5 Å². The number of halogens is 1. The number of nitrogens with zero attached hydrogens (tertiary/aromatic N) is 4. The normalized spacial score (nSPS) is 15.3. The van der Waals surface area contributed by atoms with Crippen molar-refractivity contribution in [1.29, 1.82) is 0 Å². The summed E-state index contributed by atoms with van der Waals surface area (Å²) in [6.45, 7) is 5.29. The highest BCUT2D eigenvalue weighted by Gasteiger charge is 2.30. The standard InChI is InChI=1S/C22H23ClN4O3S/c1-16-8-9-19(14-17(16)2)31(29,30)26-12-10-25(11-13-26)20-15-24-27(22(28)21(20)23)18-6-4-3-5-7-18/h3-9,14-15H,10-13H2,1-2H3. The summed E-state index contributed by atoms with van der Waals surface area (Å²) in [7, 11) is -3.58. The average molecular weight is 459 g/mol. The van der Waals surface area contributed by atoms with Gasteiger partial charge in [-0.3, -0.25) is 4.79 Å². The lowest BCUT2D eigenvalue weighted by Crippen LogP contribution is -2.49. The highest BCUT2D eigenvalue weighted by atomic mass is 35.5. The lowest BCUT2D eigenvalue weighted by molar-refractivity contribution is 0.384. The molecule has 0 unspecified atom stereocenters. The Kier molecular flexibility index (Phi) is 5.88. The molecule has 162 valence electrons. The molecule has 9 heteroatoms. The quantitative estimate of drug-likeness (QED) is 0.600. The molecule has 2 aromatic carbocycles. The van der Waals surface area contributed by atoms with E-state index in [2.05, 4.69) is 5.10 Å². The molecule has 1 aliphatic heterocycles. The number of para-hydroxylation sites is 1. The number of hydrogen-bond donors (Lipinski definition) is 0. The molecule has 0 N–H and O–H groups in total. The first-order chi connectivity index (χ1) is 14.8. The first-order valence-electron chi connectivity index (χ1n) is 9.94. The van der Waals surface area contributed by atoms with E-state index in [1.54, 1.807) is 30.5 Å². The van der Waals surface area contributed by atoms with Gasteiger partial charge in [0.05, 0.1) is 22.5 Å². The fourth-order valence-electron chi connectivity index (χ4n) is 3.59. The van der Waals surface area contributed by atoms with E-state index in [9.17, 15) is 13.2 Å². The third kappa shape index (κ3) is 4.11. The second kappa shape index (κ2) is 8.45. The second-order valence-electron chi connectivity index (χ2n) is 7.53. The maximum atomic E-state index is 13.0. The van der Waals surface area contributed by atoms with Gasteiger partial charge in [0.1, 0.15) is 5.02 Å². The van der Waals surface area contributed by atoms with Crippen molar-refractivity contribution in [2.24, 2.45) is 0 Å². The van der Waals surface area contributed by atoms with Crippen molar-refractivity contribution in [3.63, 3.8) is 0 Å². The van der Waals surface area contributed by atoms with Crippen LogP contribution in [0.5, 0.6) is 0 Å². The van der Waals surface area contributed by atoms with Crippen molar-refractivity contribution < 1.29 is 8.42 Å². The van der Waals surface area contributed by atoms with Gasteiger partial charge < -0.3 is 4.90 Å². The lowest BCUT2D eigenvalue weighted by atomic mass is 10.1. The average Bonchev–Trinajstić information content (AvgIpc) is 2.78. The summed E-state index contributed by atoms with van der Waals surface area (Å²) < 4.78 is 28.8. The van der Waals surface area contributed by atoms with E-state index in [-0.39, 0.29) is 5.02 Å². The molecule has 0 aliphatic carbocycles. The minimum atomic E-state index is -3.58. The summed E-state index contributed by atoms with van der Waals surface area (Å²) in [5.74, 6) is 0. The number of rotatable bonds is 4. The van der Waals surface area contributed by atoms with Crippen molar-refractivity contribution in [2.75, 3.05) is 31.1 Å². The zero-order valence-electron chi connectivity index (χ0n) is 17.3. The third-order valence-corrected chi connectivity index (χ3v) is 7.85. The number of benzene rings is 2. The highest BCUT2D eigenvalue weighted by Crippen LogP contribution is 2.25. The van der Waals surface area contributed by atoms with E-state index in [1.807, 2.05) is 43.0 Å². The Morgan fingerprint density at radius 3 is 2.26 bits per heavy atom. The van der Waals surface area contributed by atoms with Crippen LogP contribution in [-0.4, -0.2) is 48.7 Å². The van der Waals surface area contributed by atoms with Crippen LogP contribution in [0.25, 0.3) is 5.69 Å². The molecule has 0 atom stereocenters. The van der Waals surface area contributed by atoms with Gasteiger partial charge >= 0.3 is 0 Å². The van der Waals surface area contributed by atoms with Crippen LogP contribution in [0, 0.1) is 13.8 Å². The molecular formula is C22H23ClN4O3S. The molecule has 0 bridgehead atoms. The lowest BCUT2D eigenvalue weighted by Gasteiger charge is -2.35. The molecular weight excluding hydrogens is 436 g/mol. The maximum Gasteiger partial charge on any atom is 0.292 e. The van der Waals surface area contributed by atoms with Gasteiger partial charge in [0.15, 0.2) is 0 Å². The number of anilines is 1. The highest BCUT2D eigenvalue weighted by molar-refractivity contribution is 7.89. The Bertz CT molecular complexity index is 1270. The van der Waals surface area contributed by atoms with Crippen molar-refractivity contribution in [1.82, 2.24) is 14.1 Å². The SMILES string of the molecule is Cc1ccc(S(=O)(=O)N2CCN(c3cnn(-c4ccccc4)c(=O)c3Cl)CC2)cc1C. The van der Waals surface area contributed by atoms with Gasteiger partial charge in [-0.1, -0.05) is 35.9 Å². The molecule has 0 spiro atoms. The van der Waals surface area contributed by atoms with E-state index in [0.717, 1.165) is 11.1 Å². The van der Waals surface area contributed by atoms with Gasteiger partial charge in [0, 0.05) is 26.2 Å². The zero-order chi connectivity index (χ0) is 22.2. The largest absolute Gasteiger partial charge is 0.366 e. The third-order valence-electron chi connectivity index (χ3n) is 5.60. The van der Waals surface area contributed by atoms with E-state index in [1.165, 1.54) is 8.99 Å². The monoisotopic (exact) mass is 458 g/mol. The molecule has 7 nitrogen and oxygen atoms in total. The number of sulfonamides is 1. The number of hydrogen-bond acceptors (Lipinski definition) is 5. The van der Waals surface area contributed by atoms with Crippen LogP contribution in [-0.2, 0) is 10.0 Å². The molecule has 31 heavy (non-hydrogen) atoms. The second-order valence-corrected chi connectivity index (χ2v) is 9.85. The molecule has 1 fully saturated rings. The van der Waals surface area contributed by atoms with Crippen molar-refractivity contribution in [3.05, 3.63) is 81.2 Å². The van der Waals surface area contributed by atoms with Gasteiger partial charge in [-0.2, -0.15) is 14.1 Å². The summed E-state index contributed by atoms with van der Waals surface area (Å²) in [5, 5.41) is 4.34.